The summed E-state index contributed by atoms with van der Waals surface area (Å²) in [6.07, 6.45) is 1.06. The molecule has 0 bridgehead atoms. The van der Waals surface area contributed by atoms with Crippen LogP contribution < -0.4 is 10.0 Å². The summed E-state index contributed by atoms with van der Waals surface area (Å²) in [4.78, 5) is 14.9. The van der Waals surface area contributed by atoms with Crippen LogP contribution in [0.5, 0.6) is 0 Å². The number of nitrogens with zero attached hydrogens (tertiary/aromatic N) is 1. The fourth-order valence-electron chi connectivity index (χ4n) is 2.81. The maximum Gasteiger partial charge on any atom is 0.253 e. The molecule has 0 saturated heterocycles. The van der Waals surface area contributed by atoms with E-state index in [1.807, 2.05) is 18.2 Å². The van der Waals surface area contributed by atoms with Crippen molar-refractivity contribution in [3.63, 3.8) is 0 Å². The molecule has 0 atom stereocenters. The lowest BCUT2D eigenvalue weighted by atomic mass is 10.1. The molecule has 0 heterocycles. The average molecular weight is 390 g/mol. The van der Waals surface area contributed by atoms with Gasteiger partial charge in [-0.15, -0.1) is 0 Å². The number of sulfonamides is 1. The van der Waals surface area contributed by atoms with E-state index >= 15 is 0 Å². The molecule has 0 spiro atoms. The number of anilines is 1. The zero-order valence-corrected chi connectivity index (χ0v) is 16.8. The first-order valence-electron chi connectivity index (χ1n) is 8.98. The highest BCUT2D eigenvalue weighted by Gasteiger charge is 2.14. The van der Waals surface area contributed by atoms with Crippen molar-refractivity contribution in [1.82, 2.24) is 10.2 Å². The first kappa shape index (κ1) is 20.9. The van der Waals surface area contributed by atoms with Crippen molar-refractivity contribution in [2.24, 2.45) is 0 Å². The van der Waals surface area contributed by atoms with Crippen LogP contribution in [0, 0.1) is 0 Å². The number of nitrogens with one attached hydrogen (secondary N) is 2. The van der Waals surface area contributed by atoms with Gasteiger partial charge in [-0.1, -0.05) is 50.2 Å². The van der Waals surface area contributed by atoms with E-state index < -0.39 is 10.0 Å². The summed E-state index contributed by atoms with van der Waals surface area (Å²) in [6.45, 7) is 7.37. The summed E-state index contributed by atoms with van der Waals surface area (Å²) in [6, 6.07) is 14.6. The molecule has 2 aromatic rings. The minimum atomic E-state index is -3.46. The Kier molecular flexibility index (Phi) is 7.38. The van der Waals surface area contributed by atoms with Crippen molar-refractivity contribution in [3.05, 3.63) is 65.2 Å². The van der Waals surface area contributed by atoms with Gasteiger partial charge in [-0.2, -0.15) is 0 Å². The van der Waals surface area contributed by atoms with E-state index in [1.165, 1.54) is 5.56 Å². The summed E-state index contributed by atoms with van der Waals surface area (Å²) < 4.78 is 25.4. The predicted molar refractivity (Wildman–Crippen MR) is 109 cm³/mol. The van der Waals surface area contributed by atoms with Crippen LogP contribution in [0.3, 0.4) is 0 Å². The van der Waals surface area contributed by atoms with E-state index in [-0.39, 0.29) is 11.6 Å². The Morgan fingerprint density at radius 2 is 1.56 bits per heavy atom. The second kappa shape index (κ2) is 9.53. The fraction of sp³-hybridized carbons (Fsp3) is 0.350. The van der Waals surface area contributed by atoms with Gasteiger partial charge in [0, 0.05) is 13.1 Å². The van der Waals surface area contributed by atoms with Gasteiger partial charge in [0.2, 0.25) is 10.0 Å². The minimum Gasteiger partial charge on any atom is -0.348 e. The Balaban J connectivity index is 2.13. The molecule has 0 saturated carbocycles. The number of para-hydroxylation sites is 1. The largest absolute Gasteiger partial charge is 0.348 e. The second-order valence-corrected chi connectivity index (χ2v) is 8.08. The fourth-order valence-corrected chi connectivity index (χ4v) is 3.39. The van der Waals surface area contributed by atoms with Crippen LogP contribution in [-0.4, -0.2) is 38.6 Å². The molecule has 2 N–H and O–H groups in total. The number of rotatable bonds is 9. The standard InChI is InChI=1S/C20H27N3O3S/c1-4-23(5-2)15-17-11-7-6-10-16(17)14-21-20(24)18-12-8-9-13-19(18)22-27(3,25)26/h6-13,22H,4-5,14-15H2,1-3H3,(H,21,24). The number of amides is 1. The molecule has 0 aliphatic rings. The van der Waals surface area contributed by atoms with Crippen LogP contribution in [0.4, 0.5) is 5.69 Å². The normalized spacial score (nSPS) is 11.4. The third kappa shape index (κ3) is 6.37. The third-order valence-corrected chi connectivity index (χ3v) is 4.90. The predicted octanol–water partition coefficient (Wildman–Crippen LogP) is 2.83. The molecule has 0 aliphatic heterocycles. The second-order valence-electron chi connectivity index (χ2n) is 6.33. The van der Waals surface area contributed by atoms with Crippen LogP contribution >= 0.6 is 0 Å². The summed E-state index contributed by atoms with van der Waals surface area (Å²) in [5, 5.41) is 2.90. The number of hydrogen-bond donors (Lipinski definition) is 2. The van der Waals surface area contributed by atoms with E-state index in [9.17, 15) is 13.2 Å². The third-order valence-electron chi connectivity index (χ3n) is 4.31. The Labute approximate surface area is 161 Å². The summed E-state index contributed by atoms with van der Waals surface area (Å²) >= 11 is 0. The molecule has 0 aromatic heterocycles. The molecule has 2 rings (SSSR count). The Morgan fingerprint density at radius 3 is 2.19 bits per heavy atom. The summed E-state index contributed by atoms with van der Waals surface area (Å²) in [5.41, 5.74) is 2.79. The van der Waals surface area contributed by atoms with Crippen LogP contribution in [0.2, 0.25) is 0 Å². The SMILES string of the molecule is CCN(CC)Cc1ccccc1CNC(=O)c1ccccc1NS(C)(=O)=O. The van der Waals surface area contributed by atoms with Gasteiger partial charge in [0.15, 0.2) is 0 Å². The lowest BCUT2D eigenvalue weighted by molar-refractivity contribution is 0.0951. The number of carbonyl (C=O) groups is 1. The van der Waals surface area contributed by atoms with Crippen molar-refractivity contribution < 1.29 is 13.2 Å². The molecule has 27 heavy (non-hydrogen) atoms. The molecule has 1 amide bonds. The van der Waals surface area contributed by atoms with Gasteiger partial charge in [0.05, 0.1) is 17.5 Å². The van der Waals surface area contributed by atoms with E-state index in [2.05, 4.69) is 34.9 Å². The van der Waals surface area contributed by atoms with Crippen molar-refractivity contribution in [1.29, 1.82) is 0 Å². The molecule has 0 fully saturated rings. The Hall–Kier alpha value is -2.38. The quantitative estimate of drug-likeness (QED) is 0.691. The first-order chi connectivity index (χ1) is 12.8. The van der Waals surface area contributed by atoms with E-state index in [0.29, 0.717) is 12.1 Å². The van der Waals surface area contributed by atoms with Gasteiger partial charge in [0.1, 0.15) is 0 Å². The lowest BCUT2D eigenvalue weighted by Crippen LogP contribution is -2.27. The van der Waals surface area contributed by atoms with Crippen LogP contribution in [0.15, 0.2) is 48.5 Å². The highest BCUT2D eigenvalue weighted by Crippen LogP contribution is 2.17. The molecule has 0 aliphatic carbocycles. The topological polar surface area (TPSA) is 78.5 Å². The van der Waals surface area contributed by atoms with Gasteiger partial charge >= 0.3 is 0 Å². The van der Waals surface area contributed by atoms with Gasteiger partial charge in [-0.3, -0.25) is 14.4 Å². The smallest absolute Gasteiger partial charge is 0.253 e. The van der Waals surface area contributed by atoms with Crippen molar-refractivity contribution in [2.45, 2.75) is 26.9 Å². The van der Waals surface area contributed by atoms with E-state index in [4.69, 9.17) is 0 Å². The molecule has 2 aromatic carbocycles. The van der Waals surface area contributed by atoms with Crippen molar-refractivity contribution in [3.8, 4) is 0 Å². The van der Waals surface area contributed by atoms with Crippen LogP contribution in [-0.2, 0) is 23.1 Å². The zero-order chi connectivity index (χ0) is 19.9. The molecule has 146 valence electrons. The van der Waals surface area contributed by atoms with E-state index in [0.717, 1.165) is 31.5 Å². The molecule has 7 heteroatoms. The Bertz CT molecular complexity index is 878. The molecular weight excluding hydrogens is 362 g/mol. The first-order valence-corrected chi connectivity index (χ1v) is 10.9. The summed E-state index contributed by atoms with van der Waals surface area (Å²) in [7, 11) is -3.46. The number of benzene rings is 2. The van der Waals surface area contributed by atoms with E-state index in [1.54, 1.807) is 24.3 Å². The average Bonchev–Trinajstić information content (AvgIpc) is 2.64. The highest BCUT2D eigenvalue weighted by molar-refractivity contribution is 7.92. The number of carbonyl (C=O) groups excluding carboxylic acids is 1. The molecule has 0 unspecified atom stereocenters. The molecular formula is C20H27N3O3S. The lowest BCUT2D eigenvalue weighted by Gasteiger charge is -2.20. The minimum absolute atomic E-state index is 0.272. The van der Waals surface area contributed by atoms with Crippen molar-refractivity contribution >= 4 is 21.6 Å². The van der Waals surface area contributed by atoms with Gasteiger partial charge in [-0.05, 0) is 36.3 Å². The Morgan fingerprint density at radius 1 is 0.963 bits per heavy atom. The number of hydrogen-bond acceptors (Lipinski definition) is 4. The van der Waals surface area contributed by atoms with Gasteiger partial charge in [0.25, 0.3) is 5.91 Å². The molecule has 0 radical (unpaired) electrons. The molecule has 6 nitrogen and oxygen atoms in total. The zero-order valence-electron chi connectivity index (χ0n) is 16.0. The van der Waals surface area contributed by atoms with Crippen molar-refractivity contribution in [2.75, 3.05) is 24.1 Å². The van der Waals surface area contributed by atoms with Gasteiger partial charge < -0.3 is 5.32 Å². The van der Waals surface area contributed by atoms with Crippen LogP contribution in [0.1, 0.15) is 35.3 Å². The monoisotopic (exact) mass is 389 g/mol. The van der Waals surface area contributed by atoms with Crippen LogP contribution in [0.25, 0.3) is 0 Å². The maximum atomic E-state index is 12.6. The maximum absolute atomic E-state index is 12.6. The van der Waals surface area contributed by atoms with Gasteiger partial charge in [-0.25, -0.2) is 8.42 Å². The summed E-state index contributed by atoms with van der Waals surface area (Å²) in [5.74, 6) is -0.320. The highest BCUT2D eigenvalue weighted by atomic mass is 32.2.